The first kappa shape index (κ1) is 20.3. The Morgan fingerprint density at radius 1 is 1.14 bits per heavy atom. The van der Waals surface area contributed by atoms with Gasteiger partial charge >= 0.3 is 5.97 Å². The fourth-order valence-electron chi connectivity index (χ4n) is 3.03. The van der Waals surface area contributed by atoms with Crippen LogP contribution < -0.4 is 5.32 Å². The van der Waals surface area contributed by atoms with E-state index in [1.807, 2.05) is 49.4 Å². The number of nitrogens with one attached hydrogen (secondary N) is 1. The van der Waals surface area contributed by atoms with Gasteiger partial charge in [-0.05, 0) is 35.4 Å². The van der Waals surface area contributed by atoms with E-state index in [4.69, 9.17) is 16.3 Å². The maximum absolute atomic E-state index is 12.2. The Morgan fingerprint density at radius 3 is 2.62 bits per heavy atom. The Hall–Kier alpha value is -3.45. The van der Waals surface area contributed by atoms with Crippen LogP contribution in [0, 0.1) is 10.1 Å². The molecule has 0 aliphatic rings. The number of rotatable bonds is 6. The van der Waals surface area contributed by atoms with Gasteiger partial charge in [-0.3, -0.25) is 14.9 Å². The summed E-state index contributed by atoms with van der Waals surface area (Å²) in [5, 5.41) is 16.0. The van der Waals surface area contributed by atoms with Crippen LogP contribution in [-0.2, 0) is 9.53 Å². The Morgan fingerprint density at radius 2 is 1.86 bits per heavy atom. The van der Waals surface area contributed by atoms with Crippen LogP contribution in [0.15, 0.2) is 60.7 Å². The minimum atomic E-state index is -0.993. The molecule has 0 radical (unpaired) electrons. The molecule has 3 aromatic rings. The third-order valence-corrected chi connectivity index (χ3v) is 4.61. The zero-order chi connectivity index (χ0) is 21.0. The first-order valence-electron chi connectivity index (χ1n) is 8.75. The van der Waals surface area contributed by atoms with Gasteiger partial charge in [-0.2, -0.15) is 0 Å². The standard InChI is InChI=1S/C21H17ClN2O5/c1-13(16-8-4-6-14-5-2-3-7-17(14)16)23-20(25)12-29-21(26)18-11-15(22)9-10-19(18)24(27)28/h2-11,13H,12H2,1H3,(H,23,25)/t13-/m0/s1. The minimum Gasteiger partial charge on any atom is -0.452 e. The van der Waals surface area contributed by atoms with E-state index in [0.717, 1.165) is 28.5 Å². The summed E-state index contributed by atoms with van der Waals surface area (Å²) in [5.41, 5.74) is 0.176. The Kier molecular flexibility index (Phi) is 6.09. The molecule has 0 aliphatic carbocycles. The highest BCUT2D eigenvalue weighted by molar-refractivity contribution is 6.31. The summed E-state index contributed by atoms with van der Waals surface area (Å²) < 4.78 is 4.95. The number of carbonyl (C=O) groups excluding carboxylic acids is 2. The zero-order valence-electron chi connectivity index (χ0n) is 15.4. The quantitative estimate of drug-likeness (QED) is 0.366. The summed E-state index contributed by atoms with van der Waals surface area (Å²) in [6.07, 6.45) is 0. The van der Waals surface area contributed by atoms with Crippen LogP contribution in [0.4, 0.5) is 5.69 Å². The van der Waals surface area contributed by atoms with E-state index in [2.05, 4.69) is 5.32 Å². The van der Waals surface area contributed by atoms with Crippen LogP contribution in [0.2, 0.25) is 5.02 Å². The second-order valence-corrected chi connectivity index (χ2v) is 6.79. The van der Waals surface area contributed by atoms with Crippen molar-refractivity contribution >= 4 is 39.9 Å². The van der Waals surface area contributed by atoms with E-state index >= 15 is 0 Å². The Bertz CT molecular complexity index is 1090. The maximum atomic E-state index is 12.2. The van der Waals surface area contributed by atoms with Gasteiger partial charge in [0.25, 0.3) is 11.6 Å². The third kappa shape index (κ3) is 4.70. The number of nitrogens with zero attached hydrogens (tertiary/aromatic N) is 1. The van der Waals surface area contributed by atoms with Gasteiger partial charge in [0.15, 0.2) is 6.61 Å². The molecule has 1 amide bonds. The molecule has 0 aliphatic heterocycles. The second-order valence-electron chi connectivity index (χ2n) is 6.35. The van der Waals surface area contributed by atoms with Crippen molar-refractivity contribution in [3.63, 3.8) is 0 Å². The number of amides is 1. The molecule has 0 fully saturated rings. The molecule has 29 heavy (non-hydrogen) atoms. The summed E-state index contributed by atoms with van der Waals surface area (Å²) >= 11 is 5.80. The summed E-state index contributed by atoms with van der Waals surface area (Å²) in [4.78, 5) is 34.8. The van der Waals surface area contributed by atoms with E-state index in [1.165, 1.54) is 6.07 Å². The van der Waals surface area contributed by atoms with Crippen LogP contribution in [0.5, 0.6) is 0 Å². The predicted octanol–water partition coefficient (Wildman–Crippen LogP) is 4.44. The highest BCUT2D eigenvalue weighted by Crippen LogP contribution is 2.25. The van der Waals surface area contributed by atoms with Crippen LogP contribution >= 0.6 is 11.6 Å². The molecular weight excluding hydrogens is 396 g/mol. The van der Waals surface area contributed by atoms with Crippen LogP contribution in [0.3, 0.4) is 0 Å². The number of hydrogen-bond acceptors (Lipinski definition) is 5. The van der Waals surface area contributed by atoms with Gasteiger partial charge in [-0.15, -0.1) is 0 Å². The van der Waals surface area contributed by atoms with Gasteiger partial charge < -0.3 is 10.1 Å². The van der Waals surface area contributed by atoms with Crippen molar-refractivity contribution in [1.29, 1.82) is 0 Å². The SMILES string of the molecule is C[C@H](NC(=O)COC(=O)c1cc(Cl)ccc1[N+](=O)[O-])c1cccc2ccccc12. The average molecular weight is 413 g/mol. The van der Waals surface area contributed by atoms with E-state index in [-0.39, 0.29) is 16.6 Å². The normalized spacial score (nSPS) is 11.7. The van der Waals surface area contributed by atoms with Crippen LogP contribution in [-0.4, -0.2) is 23.4 Å². The van der Waals surface area contributed by atoms with Crippen molar-refractivity contribution in [2.24, 2.45) is 0 Å². The van der Waals surface area contributed by atoms with Gasteiger partial charge in [0.05, 0.1) is 11.0 Å². The highest BCUT2D eigenvalue weighted by Gasteiger charge is 2.23. The van der Waals surface area contributed by atoms with Gasteiger partial charge in [0, 0.05) is 11.1 Å². The van der Waals surface area contributed by atoms with Crippen LogP contribution in [0.25, 0.3) is 10.8 Å². The molecule has 1 atom stereocenters. The third-order valence-electron chi connectivity index (χ3n) is 4.38. The lowest BCUT2D eigenvalue weighted by Gasteiger charge is -2.16. The van der Waals surface area contributed by atoms with Crippen molar-refractivity contribution < 1.29 is 19.2 Å². The number of esters is 1. The number of benzene rings is 3. The van der Waals surface area contributed by atoms with Crippen molar-refractivity contribution in [2.75, 3.05) is 6.61 Å². The van der Waals surface area contributed by atoms with E-state index < -0.39 is 29.1 Å². The average Bonchev–Trinajstić information content (AvgIpc) is 2.71. The monoisotopic (exact) mass is 412 g/mol. The molecule has 1 N–H and O–H groups in total. The molecule has 0 bridgehead atoms. The van der Waals surface area contributed by atoms with Crippen LogP contribution in [0.1, 0.15) is 28.9 Å². The Balaban J connectivity index is 1.66. The zero-order valence-corrected chi connectivity index (χ0v) is 16.2. The van der Waals surface area contributed by atoms with Crippen molar-refractivity contribution in [3.8, 4) is 0 Å². The van der Waals surface area contributed by atoms with Crippen molar-refractivity contribution in [3.05, 3.63) is 86.9 Å². The van der Waals surface area contributed by atoms with Crippen molar-refractivity contribution in [1.82, 2.24) is 5.32 Å². The predicted molar refractivity (Wildman–Crippen MR) is 109 cm³/mol. The molecule has 148 valence electrons. The van der Waals surface area contributed by atoms with Gasteiger partial charge in [0.1, 0.15) is 5.56 Å². The molecule has 7 nitrogen and oxygen atoms in total. The number of fused-ring (bicyclic) bond motifs is 1. The summed E-state index contributed by atoms with van der Waals surface area (Å²) in [5.74, 6) is -1.52. The Labute approximate surface area is 171 Å². The smallest absolute Gasteiger partial charge is 0.345 e. The van der Waals surface area contributed by atoms with E-state index in [1.54, 1.807) is 0 Å². The molecule has 0 unspecified atom stereocenters. The lowest BCUT2D eigenvalue weighted by Crippen LogP contribution is -2.31. The number of ether oxygens (including phenoxy) is 1. The summed E-state index contributed by atoms with van der Waals surface area (Å²) in [6, 6.07) is 16.8. The van der Waals surface area contributed by atoms with Gasteiger partial charge in [-0.25, -0.2) is 4.79 Å². The molecule has 0 spiro atoms. The summed E-state index contributed by atoms with van der Waals surface area (Å²) in [7, 11) is 0. The number of hydrogen-bond donors (Lipinski definition) is 1. The maximum Gasteiger partial charge on any atom is 0.345 e. The molecule has 0 saturated heterocycles. The number of carbonyl (C=O) groups is 2. The first-order chi connectivity index (χ1) is 13.9. The van der Waals surface area contributed by atoms with Gasteiger partial charge in [-0.1, -0.05) is 54.1 Å². The molecule has 3 aromatic carbocycles. The second kappa shape index (κ2) is 8.70. The molecule has 0 aromatic heterocycles. The van der Waals surface area contributed by atoms with Gasteiger partial charge in [0.2, 0.25) is 0 Å². The first-order valence-corrected chi connectivity index (χ1v) is 9.12. The molecule has 0 saturated carbocycles. The number of nitro benzene ring substituents is 1. The highest BCUT2D eigenvalue weighted by atomic mass is 35.5. The molecule has 0 heterocycles. The minimum absolute atomic E-state index is 0.150. The number of halogens is 1. The van der Waals surface area contributed by atoms with E-state index in [9.17, 15) is 19.7 Å². The molecule has 8 heteroatoms. The molecular formula is C21H17ClN2O5. The number of nitro groups is 1. The van der Waals surface area contributed by atoms with Crippen molar-refractivity contribution in [2.45, 2.75) is 13.0 Å². The lowest BCUT2D eigenvalue weighted by atomic mass is 10.00. The fraction of sp³-hybridized carbons (Fsp3) is 0.143. The lowest BCUT2D eigenvalue weighted by molar-refractivity contribution is -0.385. The van der Waals surface area contributed by atoms with E-state index in [0.29, 0.717) is 0 Å². The fourth-order valence-corrected chi connectivity index (χ4v) is 3.20. The summed E-state index contributed by atoms with van der Waals surface area (Å²) in [6.45, 7) is 1.25. The largest absolute Gasteiger partial charge is 0.452 e. The molecule has 3 rings (SSSR count). The topological polar surface area (TPSA) is 98.5 Å².